The number of ether oxygens (including phenoxy) is 2. The highest BCUT2D eigenvalue weighted by molar-refractivity contribution is 5.73. The van der Waals surface area contributed by atoms with Crippen LogP contribution in [0.5, 0.6) is 11.5 Å². The van der Waals surface area contributed by atoms with Crippen molar-refractivity contribution in [2.45, 2.75) is 13.5 Å². The molecule has 0 fully saturated rings. The normalized spacial score (nSPS) is 10.9. The van der Waals surface area contributed by atoms with Crippen LogP contribution in [0.4, 0.5) is 0 Å². The van der Waals surface area contributed by atoms with Crippen molar-refractivity contribution in [3.63, 3.8) is 0 Å². The largest absolute Gasteiger partial charge is 0.497 e. The van der Waals surface area contributed by atoms with Gasteiger partial charge in [0.1, 0.15) is 17.1 Å². The van der Waals surface area contributed by atoms with E-state index < -0.39 is 0 Å². The summed E-state index contributed by atoms with van der Waals surface area (Å²) in [4.78, 5) is 4.67. The summed E-state index contributed by atoms with van der Waals surface area (Å²) in [6.45, 7) is 1.88. The number of rotatable bonds is 4. The van der Waals surface area contributed by atoms with Gasteiger partial charge >= 0.3 is 0 Å². The van der Waals surface area contributed by atoms with Crippen molar-refractivity contribution >= 4 is 5.65 Å². The third kappa shape index (κ3) is 2.19. The first kappa shape index (κ1) is 14.4. The summed E-state index contributed by atoms with van der Waals surface area (Å²) in [6, 6.07) is 11.4. The number of imidazole rings is 1. The van der Waals surface area contributed by atoms with Crippen LogP contribution in [-0.2, 0) is 6.61 Å². The minimum absolute atomic E-state index is 0.109. The molecule has 0 amide bonds. The van der Waals surface area contributed by atoms with Crippen LogP contribution < -0.4 is 9.47 Å². The number of aliphatic hydroxyl groups excluding tert-OH is 1. The predicted molar refractivity (Wildman–Crippen MR) is 84.4 cm³/mol. The van der Waals surface area contributed by atoms with Crippen molar-refractivity contribution in [3.8, 4) is 22.8 Å². The second-order valence-electron chi connectivity index (χ2n) is 4.99. The average Bonchev–Trinajstić information content (AvgIpc) is 2.94. The number of hydrogen-bond acceptors (Lipinski definition) is 4. The van der Waals surface area contributed by atoms with Crippen molar-refractivity contribution in [2.24, 2.45) is 0 Å². The second-order valence-corrected chi connectivity index (χ2v) is 4.99. The molecule has 0 aliphatic heterocycles. The van der Waals surface area contributed by atoms with Crippen molar-refractivity contribution in [1.82, 2.24) is 9.38 Å². The highest BCUT2D eigenvalue weighted by Crippen LogP contribution is 2.35. The molecule has 1 N–H and O–H groups in total. The lowest BCUT2D eigenvalue weighted by atomic mass is 10.1. The van der Waals surface area contributed by atoms with E-state index in [9.17, 15) is 5.11 Å². The Morgan fingerprint density at radius 2 is 1.95 bits per heavy atom. The van der Waals surface area contributed by atoms with E-state index in [1.165, 1.54) is 0 Å². The maximum atomic E-state index is 9.85. The summed E-state index contributed by atoms with van der Waals surface area (Å²) >= 11 is 0. The summed E-state index contributed by atoms with van der Waals surface area (Å²) in [5.74, 6) is 1.41. The third-order valence-corrected chi connectivity index (χ3v) is 3.75. The van der Waals surface area contributed by atoms with Crippen LogP contribution in [0.1, 0.15) is 11.4 Å². The van der Waals surface area contributed by atoms with Crippen LogP contribution in [0.15, 0.2) is 36.4 Å². The molecule has 114 valence electrons. The Kier molecular flexibility index (Phi) is 3.73. The minimum atomic E-state index is -0.109. The van der Waals surface area contributed by atoms with Crippen molar-refractivity contribution in [3.05, 3.63) is 47.8 Å². The van der Waals surface area contributed by atoms with Gasteiger partial charge in [-0.05, 0) is 37.3 Å². The quantitative estimate of drug-likeness (QED) is 0.804. The summed E-state index contributed by atoms with van der Waals surface area (Å²) in [5.41, 5.74) is 4.05. The van der Waals surface area contributed by atoms with Gasteiger partial charge in [-0.3, -0.25) is 4.40 Å². The van der Waals surface area contributed by atoms with E-state index in [1.807, 2.05) is 47.7 Å². The van der Waals surface area contributed by atoms with Gasteiger partial charge in [0.15, 0.2) is 0 Å². The number of fused-ring (bicyclic) bond motifs is 1. The SMILES string of the molecule is COc1ccc(OC)c(-c2nc3cccc(C)n3c2CO)c1. The molecule has 3 rings (SSSR count). The minimum Gasteiger partial charge on any atom is -0.497 e. The molecule has 0 radical (unpaired) electrons. The Balaban J connectivity index is 2.33. The molecular weight excluding hydrogens is 280 g/mol. The Morgan fingerprint density at radius 1 is 1.14 bits per heavy atom. The number of aliphatic hydroxyl groups is 1. The van der Waals surface area contributed by atoms with Gasteiger partial charge in [0, 0.05) is 11.3 Å². The molecule has 0 spiro atoms. The molecule has 5 heteroatoms. The Morgan fingerprint density at radius 3 is 2.64 bits per heavy atom. The van der Waals surface area contributed by atoms with Gasteiger partial charge in [-0.25, -0.2) is 4.98 Å². The molecular formula is C17H18N2O3. The molecule has 0 saturated carbocycles. The monoisotopic (exact) mass is 298 g/mol. The molecule has 0 bridgehead atoms. The number of nitrogens with zero attached hydrogens (tertiary/aromatic N) is 2. The molecule has 0 aliphatic carbocycles. The first-order valence-corrected chi connectivity index (χ1v) is 6.99. The molecule has 0 aliphatic rings. The van der Waals surface area contributed by atoms with E-state index in [-0.39, 0.29) is 6.61 Å². The van der Waals surface area contributed by atoms with Crippen LogP contribution in [0, 0.1) is 6.92 Å². The Hall–Kier alpha value is -2.53. The van der Waals surface area contributed by atoms with Gasteiger partial charge in [-0.15, -0.1) is 0 Å². The molecule has 0 unspecified atom stereocenters. The van der Waals surface area contributed by atoms with E-state index in [0.29, 0.717) is 17.2 Å². The van der Waals surface area contributed by atoms with Crippen molar-refractivity contribution in [1.29, 1.82) is 0 Å². The molecule has 1 aromatic carbocycles. The smallest absolute Gasteiger partial charge is 0.137 e. The highest BCUT2D eigenvalue weighted by atomic mass is 16.5. The first-order valence-electron chi connectivity index (χ1n) is 6.99. The molecule has 0 atom stereocenters. The highest BCUT2D eigenvalue weighted by Gasteiger charge is 2.18. The molecule has 0 saturated heterocycles. The lowest BCUT2D eigenvalue weighted by Crippen LogP contribution is -1.98. The fourth-order valence-corrected chi connectivity index (χ4v) is 2.69. The predicted octanol–water partition coefficient (Wildman–Crippen LogP) is 2.82. The van der Waals surface area contributed by atoms with E-state index >= 15 is 0 Å². The molecule has 3 aromatic rings. The van der Waals surface area contributed by atoms with Gasteiger partial charge in [0.25, 0.3) is 0 Å². The van der Waals surface area contributed by atoms with Gasteiger partial charge in [-0.1, -0.05) is 6.07 Å². The van der Waals surface area contributed by atoms with Crippen LogP contribution in [0.2, 0.25) is 0 Å². The van der Waals surface area contributed by atoms with Gasteiger partial charge in [0.2, 0.25) is 0 Å². The van der Waals surface area contributed by atoms with Crippen LogP contribution in [0.25, 0.3) is 16.9 Å². The van der Waals surface area contributed by atoms with Crippen molar-refractivity contribution < 1.29 is 14.6 Å². The maximum absolute atomic E-state index is 9.85. The lowest BCUT2D eigenvalue weighted by Gasteiger charge is -2.10. The summed E-state index contributed by atoms with van der Waals surface area (Å²) in [6.07, 6.45) is 0. The summed E-state index contributed by atoms with van der Waals surface area (Å²) in [7, 11) is 3.23. The zero-order valence-electron chi connectivity index (χ0n) is 12.8. The maximum Gasteiger partial charge on any atom is 0.137 e. The number of benzene rings is 1. The van der Waals surface area contributed by atoms with Crippen LogP contribution >= 0.6 is 0 Å². The molecule has 22 heavy (non-hydrogen) atoms. The van der Waals surface area contributed by atoms with E-state index in [0.717, 1.165) is 22.6 Å². The Labute approximate surface area is 128 Å². The fraction of sp³-hybridized carbons (Fsp3) is 0.235. The van der Waals surface area contributed by atoms with E-state index in [4.69, 9.17) is 9.47 Å². The van der Waals surface area contributed by atoms with Crippen LogP contribution in [0.3, 0.4) is 0 Å². The van der Waals surface area contributed by atoms with Crippen molar-refractivity contribution in [2.75, 3.05) is 14.2 Å². The zero-order chi connectivity index (χ0) is 15.7. The van der Waals surface area contributed by atoms with Crippen LogP contribution in [-0.4, -0.2) is 28.7 Å². The zero-order valence-corrected chi connectivity index (χ0v) is 12.8. The number of pyridine rings is 1. The standard InChI is InChI=1S/C17H18N2O3/c1-11-5-4-6-16-18-17(14(10-20)19(11)16)13-9-12(21-2)7-8-15(13)22-3/h4-9,20H,10H2,1-3H3. The fourth-order valence-electron chi connectivity index (χ4n) is 2.69. The number of aryl methyl sites for hydroxylation is 1. The van der Waals surface area contributed by atoms with Gasteiger partial charge < -0.3 is 14.6 Å². The van der Waals surface area contributed by atoms with E-state index in [1.54, 1.807) is 14.2 Å². The average molecular weight is 298 g/mol. The third-order valence-electron chi connectivity index (χ3n) is 3.75. The number of aromatic nitrogens is 2. The number of hydrogen-bond donors (Lipinski definition) is 1. The van der Waals surface area contributed by atoms with Gasteiger partial charge in [-0.2, -0.15) is 0 Å². The summed E-state index contributed by atoms with van der Waals surface area (Å²) in [5, 5.41) is 9.85. The first-order chi connectivity index (χ1) is 10.7. The van der Waals surface area contributed by atoms with E-state index in [2.05, 4.69) is 4.98 Å². The number of methoxy groups -OCH3 is 2. The molecule has 2 heterocycles. The lowest BCUT2D eigenvalue weighted by molar-refractivity contribution is 0.276. The second kappa shape index (κ2) is 5.69. The Bertz CT molecular complexity index is 824. The topological polar surface area (TPSA) is 56.0 Å². The van der Waals surface area contributed by atoms with Gasteiger partial charge in [0.05, 0.1) is 32.2 Å². The molecule has 5 nitrogen and oxygen atoms in total. The molecule has 2 aromatic heterocycles. The summed E-state index contributed by atoms with van der Waals surface area (Å²) < 4.78 is 12.7.